The lowest BCUT2D eigenvalue weighted by Crippen LogP contribution is -2.66. The maximum Gasteiger partial charge on any atom is 0.228 e. The van der Waals surface area contributed by atoms with E-state index < -0.39 is 17.4 Å². The molecule has 1 aliphatic carbocycles. The molecule has 3 fully saturated rings. The first-order chi connectivity index (χ1) is 26.5. The van der Waals surface area contributed by atoms with Crippen molar-refractivity contribution in [2.24, 2.45) is 17.8 Å². The highest BCUT2D eigenvalue weighted by atomic mass is 16.5. The third-order valence-corrected chi connectivity index (χ3v) is 12.3. The fraction of sp³-hybridized carbons (Fsp3) is 0.548. The smallest absolute Gasteiger partial charge is 0.228 e. The second-order valence-corrected chi connectivity index (χ2v) is 15.7. The van der Waals surface area contributed by atoms with Crippen molar-refractivity contribution >= 4 is 40.4 Å². The summed E-state index contributed by atoms with van der Waals surface area (Å²) in [7, 11) is 6.64. The molecule has 7 rings (SSSR count). The number of hydrogen-bond acceptors (Lipinski definition) is 7. The van der Waals surface area contributed by atoms with Crippen LogP contribution in [0.2, 0.25) is 0 Å². The van der Waals surface area contributed by atoms with E-state index in [4.69, 9.17) is 9.47 Å². The van der Waals surface area contributed by atoms with Gasteiger partial charge in [-0.1, -0.05) is 25.1 Å². The summed E-state index contributed by atoms with van der Waals surface area (Å²) in [6, 6.07) is 11.7. The molecule has 294 valence electrons. The van der Waals surface area contributed by atoms with Crippen molar-refractivity contribution in [2.45, 2.75) is 70.4 Å². The van der Waals surface area contributed by atoms with Crippen LogP contribution in [-0.4, -0.2) is 115 Å². The highest BCUT2D eigenvalue weighted by Gasteiger charge is 2.59. The van der Waals surface area contributed by atoms with Gasteiger partial charge in [0.15, 0.2) is 11.5 Å². The van der Waals surface area contributed by atoms with Crippen molar-refractivity contribution in [3.63, 3.8) is 0 Å². The van der Waals surface area contributed by atoms with E-state index >= 15 is 0 Å². The van der Waals surface area contributed by atoms with Crippen molar-refractivity contribution in [3.8, 4) is 11.5 Å². The Labute approximate surface area is 322 Å². The molecule has 2 aromatic carbocycles. The lowest BCUT2D eigenvalue weighted by atomic mass is 9.65. The van der Waals surface area contributed by atoms with Crippen LogP contribution < -0.4 is 14.8 Å². The number of aromatic nitrogens is 1. The number of methoxy groups -OCH3 is 2. The Balaban J connectivity index is 1.17. The largest absolute Gasteiger partial charge is 0.493 e. The monoisotopic (exact) mass is 754 g/mol. The minimum Gasteiger partial charge on any atom is -0.493 e. The predicted molar refractivity (Wildman–Crippen MR) is 206 cm³/mol. The summed E-state index contributed by atoms with van der Waals surface area (Å²) in [5, 5.41) is 4.04. The topological polar surface area (TPSA) is 145 Å². The highest BCUT2D eigenvalue weighted by Crippen LogP contribution is 2.52. The quantitative estimate of drug-likeness (QED) is 0.288. The fourth-order valence-corrected chi connectivity index (χ4v) is 9.12. The molecule has 2 N–H and O–H groups in total. The Morgan fingerprint density at radius 3 is 2.25 bits per heavy atom. The molecule has 0 unspecified atom stereocenters. The molecule has 2 saturated heterocycles. The van der Waals surface area contributed by atoms with Gasteiger partial charge in [0.2, 0.25) is 29.5 Å². The summed E-state index contributed by atoms with van der Waals surface area (Å²) in [6.45, 7) is 4.59. The third kappa shape index (κ3) is 7.25. The van der Waals surface area contributed by atoms with Gasteiger partial charge in [-0.2, -0.15) is 0 Å². The van der Waals surface area contributed by atoms with E-state index in [1.165, 1.54) is 0 Å². The number of H-pyrrole nitrogens is 1. The van der Waals surface area contributed by atoms with Gasteiger partial charge in [0.25, 0.3) is 0 Å². The van der Waals surface area contributed by atoms with Gasteiger partial charge < -0.3 is 39.4 Å². The molecule has 13 nitrogen and oxygen atoms in total. The van der Waals surface area contributed by atoms with E-state index in [2.05, 4.69) is 28.5 Å². The number of nitrogens with zero attached hydrogens (tertiary/aromatic N) is 4. The summed E-state index contributed by atoms with van der Waals surface area (Å²) < 4.78 is 10.8. The summed E-state index contributed by atoms with van der Waals surface area (Å²) in [5.74, 6) is -0.170. The molecule has 3 aliphatic heterocycles. The molecule has 0 radical (unpaired) electrons. The highest BCUT2D eigenvalue weighted by molar-refractivity contribution is 5.93. The van der Waals surface area contributed by atoms with E-state index in [0.29, 0.717) is 69.9 Å². The van der Waals surface area contributed by atoms with Gasteiger partial charge in [-0.25, -0.2) is 0 Å². The van der Waals surface area contributed by atoms with Crippen LogP contribution in [0.5, 0.6) is 11.5 Å². The molecule has 5 amide bonds. The van der Waals surface area contributed by atoms with Crippen molar-refractivity contribution in [2.75, 3.05) is 61.0 Å². The van der Waals surface area contributed by atoms with Crippen LogP contribution in [0, 0.1) is 17.8 Å². The van der Waals surface area contributed by atoms with Crippen LogP contribution in [0.25, 0.3) is 10.9 Å². The van der Waals surface area contributed by atoms with Crippen LogP contribution in [-0.2, 0) is 48.9 Å². The zero-order valence-electron chi connectivity index (χ0n) is 32.7. The van der Waals surface area contributed by atoms with E-state index in [0.717, 1.165) is 46.1 Å². The number of aromatic amines is 1. The van der Waals surface area contributed by atoms with Gasteiger partial charge in [0.1, 0.15) is 0 Å². The standard InChI is InChI=1S/C42H54N6O7/c1-6-42-32(41(53)47-19-17-46(18-20-47)39(51)28-10-11-28)23-29(24-36(49)43-25-27-8-13-34(54-4)35(22-27)55-5)40(52)48(42)16-15-31-30-12-7-26(9-14-37(50)45(2)3)21-33(30)44-38(31)42/h7-8,12-13,21-22,28-29,32,44H,6,9-11,14-20,23-25H2,1-5H3,(H,43,49)/t29-,32-,42+/m1/s1. The van der Waals surface area contributed by atoms with Crippen molar-refractivity contribution in [1.82, 2.24) is 29.9 Å². The molecule has 4 heterocycles. The predicted octanol–water partition coefficient (Wildman–Crippen LogP) is 3.62. The Kier molecular flexibility index (Phi) is 10.8. The van der Waals surface area contributed by atoms with E-state index in [1.54, 1.807) is 39.3 Å². The van der Waals surface area contributed by atoms with Crippen LogP contribution in [0.3, 0.4) is 0 Å². The molecule has 3 atom stereocenters. The molecule has 0 bridgehead atoms. The van der Waals surface area contributed by atoms with Crippen molar-refractivity contribution < 1.29 is 33.4 Å². The Hall–Kier alpha value is -5.07. The number of nitrogens with one attached hydrogen (secondary N) is 2. The molecule has 55 heavy (non-hydrogen) atoms. The first-order valence-corrected chi connectivity index (χ1v) is 19.7. The van der Waals surface area contributed by atoms with Crippen molar-refractivity contribution in [1.29, 1.82) is 0 Å². The maximum atomic E-state index is 15.0. The molecule has 1 saturated carbocycles. The number of piperidine rings is 1. The average molecular weight is 755 g/mol. The number of fused-ring (bicyclic) bond motifs is 5. The molecule has 3 aromatic rings. The number of piperazine rings is 1. The van der Waals surface area contributed by atoms with Crippen LogP contribution >= 0.6 is 0 Å². The van der Waals surface area contributed by atoms with Gasteiger partial charge in [0, 0.05) is 94.6 Å². The number of carbonyl (C=O) groups is 5. The number of aryl methyl sites for hydroxylation is 1. The van der Waals surface area contributed by atoms with Crippen molar-refractivity contribution in [3.05, 3.63) is 58.8 Å². The summed E-state index contributed by atoms with van der Waals surface area (Å²) in [5.41, 5.74) is 3.86. The van der Waals surface area contributed by atoms with Crippen LogP contribution in [0.4, 0.5) is 0 Å². The fourth-order valence-electron chi connectivity index (χ4n) is 9.12. The normalized spacial score (nSPS) is 22.2. The zero-order valence-corrected chi connectivity index (χ0v) is 32.7. The van der Waals surface area contributed by atoms with Gasteiger partial charge in [-0.15, -0.1) is 0 Å². The van der Waals surface area contributed by atoms with E-state index in [-0.39, 0.29) is 54.8 Å². The molecular weight excluding hydrogens is 700 g/mol. The number of benzene rings is 2. The molecule has 13 heteroatoms. The molecule has 4 aliphatic rings. The summed E-state index contributed by atoms with van der Waals surface area (Å²) in [6.07, 6.45) is 4.21. The summed E-state index contributed by atoms with van der Waals surface area (Å²) in [4.78, 5) is 79.3. The SMILES string of the molecule is CC[C@]12c3[nH]c4cc(CCC(=O)N(C)C)ccc4c3CCN1C(=O)[C@@H](CC(=O)NCc1ccc(OC)c(OC)c1)C[C@@H]2C(=O)N1CCN(C(=O)C2CC2)CC1. The lowest BCUT2D eigenvalue weighted by Gasteiger charge is -2.56. The molecule has 0 spiro atoms. The number of amides is 5. The number of ether oxygens (including phenoxy) is 2. The first kappa shape index (κ1) is 38.2. The Morgan fingerprint density at radius 1 is 0.909 bits per heavy atom. The number of rotatable bonds is 12. The van der Waals surface area contributed by atoms with Gasteiger partial charge in [-0.3, -0.25) is 24.0 Å². The Bertz CT molecular complexity index is 1980. The molecular formula is C42H54N6O7. The van der Waals surface area contributed by atoms with Crippen LogP contribution in [0.1, 0.15) is 67.8 Å². The number of carbonyl (C=O) groups excluding carboxylic acids is 5. The second-order valence-electron chi connectivity index (χ2n) is 15.7. The van der Waals surface area contributed by atoms with Gasteiger partial charge >= 0.3 is 0 Å². The maximum absolute atomic E-state index is 15.0. The molecule has 1 aromatic heterocycles. The Morgan fingerprint density at radius 2 is 1.60 bits per heavy atom. The van der Waals surface area contributed by atoms with Gasteiger partial charge in [-0.05, 0) is 73.4 Å². The lowest BCUT2D eigenvalue weighted by molar-refractivity contribution is -0.168. The minimum absolute atomic E-state index is 0.0372. The minimum atomic E-state index is -0.935. The van der Waals surface area contributed by atoms with Crippen LogP contribution in [0.15, 0.2) is 36.4 Å². The van der Waals surface area contributed by atoms with Gasteiger partial charge in [0.05, 0.1) is 25.7 Å². The first-order valence-electron chi connectivity index (χ1n) is 19.7. The number of hydrogen-bond donors (Lipinski definition) is 2. The van der Waals surface area contributed by atoms with E-state index in [1.807, 2.05) is 33.8 Å². The van der Waals surface area contributed by atoms with E-state index in [9.17, 15) is 24.0 Å². The summed E-state index contributed by atoms with van der Waals surface area (Å²) >= 11 is 0. The zero-order chi connectivity index (χ0) is 39.0. The second kappa shape index (κ2) is 15.6. The average Bonchev–Trinajstić information content (AvgIpc) is 3.99. The third-order valence-electron chi connectivity index (χ3n) is 12.3.